The summed E-state index contributed by atoms with van der Waals surface area (Å²) in [5, 5.41) is 3.31. The standard InChI is InChI=1S/C15H13ClN4O2/c16-11-4-2-1-3-9(11)5-6-10-7-14(21)20-13(18-10)8-12(19-20)15(17)22/h1-4,7-8,19H,5-6H2,(H2,17,22). The predicted octanol–water partition coefficient (Wildman–Crippen LogP) is 1.56. The van der Waals surface area contributed by atoms with Crippen molar-refractivity contribution in [2.24, 2.45) is 5.73 Å². The van der Waals surface area contributed by atoms with Crippen molar-refractivity contribution in [3.63, 3.8) is 0 Å². The van der Waals surface area contributed by atoms with Gasteiger partial charge in [-0.05, 0) is 24.5 Å². The molecule has 112 valence electrons. The Kier molecular flexibility index (Phi) is 3.68. The molecule has 3 aromatic rings. The molecule has 7 heteroatoms. The summed E-state index contributed by atoms with van der Waals surface area (Å²) in [7, 11) is 0. The van der Waals surface area contributed by atoms with Gasteiger partial charge in [-0.3, -0.25) is 14.7 Å². The normalized spacial score (nSPS) is 11.0. The number of nitrogens with two attached hydrogens (primary N) is 1. The predicted molar refractivity (Wildman–Crippen MR) is 83.2 cm³/mol. The number of nitrogens with zero attached hydrogens (tertiary/aromatic N) is 2. The van der Waals surface area contributed by atoms with Gasteiger partial charge in [0.15, 0.2) is 5.65 Å². The fourth-order valence-electron chi connectivity index (χ4n) is 2.26. The minimum absolute atomic E-state index is 0.146. The molecule has 3 rings (SSSR count). The van der Waals surface area contributed by atoms with E-state index in [2.05, 4.69) is 10.1 Å². The van der Waals surface area contributed by atoms with Crippen molar-refractivity contribution in [2.45, 2.75) is 12.8 Å². The molecule has 0 saturated carbocycles. The van der Waals surface area contributed by atoms with E-state index in [1.54, 1.807) is 0 Å². The number of H-pyrrole nitrogens is 1. The molecule has 1 amide bonds. The molecule has 3 N–H and O–H groups in total. The molecule has 2 aromatic heterocycles. The van der Waals surface area contributed by atoms with Crippen molar-refractivity contribution >= 4 is 23.2 Å². The van der Waals surface area contributed by atoms with Crippen molar-refractivity contribution < 1.29 is 4.79 Å². The van der Waals surface area contributed by atoms with E-state index in [1.165, 1.54) is 16.6 Å². The molecular weight excluding hydrogens is 304 g/mol. The maximum atomic E-state index is 12.0. The first-order valence-corrected chi connectivity index (χ1v) is 7.07. The van der Waals surface area contributed by atoms with Crippen LogP contribution >= 0.6 is 11.6 Å². The fourth-order valence-corrected chi connectivity index (χ4v) is 2.49. The first-order chi connectivity index (χ1) is 10.5. The molecule has 0 spiro atoms. The Morgan fingerprint density at radius 3 is 2.77 bits per heavy atom. The van der Waals surface area contributed by atoms with Crippen LogP contribution in [0.3, 0.4) is 0 Å². The SMILES string of the molecule is NC(=O)c1cc2nc(CCc3ccccc3Cl)cc(=O)n2[nH]1. The van der Waals surface area contributed by atoms with E-state index in [1.807, 2.05) is 24.3 Å². The smallest absolute Gasteiger partial charge is 0.272 e. The summed E-state index contributed by atoms with van der Waals surface area (Å²) in [6, 6.07) is 10.4. The quantitative estimate of drug-likeness (QED) is 0.765. The molecule has 22 heavy (non-hydrogen) atoms. The van der Waals surface area contributed by atoms with Crippen LogP contribution in [0.2, 0.25) is 5.02 Å². The summed E-state index contributed by atoms with van der Waals surface area (Å²) < 4.78 is 1.19. The van der Waals surface area contributed by atoms with Crippen LogP contribution in [0.25, 0.3) is 5.65 Å². The lowest BCUT2D eigenvalue weighted by atomic mass is 10.1. The third-order valence-corrected chi connectivity index (χ3v) is 3.75. The summed E-state index contributed by atoms with van der Waals surface area (Å²) in [4.78, 5) is 27.5. The Balaban J connectivity index is 1.90. The van der Waals surface area contributed by atoms with Gasteiger partial charge in [0.05, 0.1) is 0 Å². The van der Waals surface area contributed by atoms with Gasteiger partial charge in [-0.15, -0.1) is 0 Å². The minimum atomic E-state index is -0.637. The van der Waals surface area contributed by atoms with Gasteiger partial charge in [0.2, 0.25) is 0 Å². The minimum Gasteiger partial charge on any atom is -0.364 e. The molecule has 6 nitrogen and oxygen atoms in total. The van der Waals surface area contributed by atoms with Crippen molar-refractivity contribution in [1.82, 2.24) is 14.6 Å². The summed E-state index contributed by atoms with van der Waals surface area (Å²) >= 11 is 6.11. The molecule has 0 atom stereocenters. The van der Waals surface area contributed by atoms with Crippen molar-refractivity contribution in [3.05, 3.63) is 68.7 Å². The second-order valence-electron chi connectivity index (χ2n) is 4.90. The third kappa shape index (κ3) is 2.73. The van der Waals surface area contributed by atoms with Crippen molar-refractivity contribution in [2.75, 3.05) is 0 Å². The molecule has 0 unspecified atom stereocenters. The number of aromatic nitrogens is 3. The molecule has 0 aliphatic rings. The van der Waals surface area contributed by atoms with Crippen LogP contribution in [0.1, 0.15) is 21.7 Å². The van der Waals surface area contributed by atoms with Gasteiger partial charge in [0, 0.05) is 22.8 Å². The van der Waals surface area contributed by atoms with Crippen LogP contribution in [0, 0.1) is 0 Å². The Labute approximate surface area is 130 Å². The second kappa shape index (κ2) is 5.65. The number of halogens is 1. The average Bonchev–Trinajstić information content (AvgIpc) is 2.91. The number of benzene rings is 1. The lowest BCUT2D eigenvalue weighted by molar-refractivity contribution is 0.0995. The Morgan fingerprint density at radius 2 is 2.05 bits per heavy atom. The van der Waals surface area contributed by atoms with E-state index in [-0.39, 0.29) is 11.3 Å². The highest BCUT2D eigenvalue weighted by Gasteiger charge is 2.10. The monoisotopic (exact) mass is 316 g/mol. The van der Waals surface area contributed by atoms with Gasteiger partial charge >= 0.3 is 0 Å². The number of aromatic amines is 1. The highest BCUT2D eigenvalue weighted by Crippen LogP contribution is 2.16. The largest absolute Gasteiger partial charge is 0.364 e. The fraction of sp³-hybridized carbons (Fsp3) is 0.133. The van der Waals surface area contributed by atoms with Gasteiger partial charge in [0.25, 0.3) is 11.5 Å². The first kappa shape index (κ1) is 14.3. The molecule has 2 heterocycles. The number of hydrogen-bond acceptors (Lipinski definition) is 3. The van der Waals surface area contributed by atoms with E-state index in [9.17, 15) is 9.59 Å². The van der Waals surface area contributed by atoms with E-state index in [0.29, 0.717) is 29.2 Å². The van der Waals surface area contributed by atoms with Crippen LogP contribution in [0.5, 0.6) is 0 Å². The average molecular weight is 317 g/mol. The number of hydrogen-bond donors (Lipinski definition) is 2. The number of amides is 1. The maximum Gasteiger partial charge on any atom is 0.272 e. The lowest BCUT2D eigenvalue weighted by Gasteiger charge is -2.04. The van der Waals surface area contributed by atoms with Crippen LogP contribution in [0.15, 0.2) is 41.2 Å². The Bertz CT molecular complexity index is 913. The van der Waals surface area contributed by atoms with Crippen LogP contribution < -0.4 is 11.3 Å². The van der Waals surface area contributed by atoms with Crippen LogP contribution in [-0.2, 0) is 12.8 Å². The molecular formula is C15H13ClN4O2. The van der Waals surface area contributed by atoms with E-state index < -0.39 is 5.91 Å². The van der Waals surface area contributed by atoms with Gasteiger partial charge in [-0.25, -0.2) is 9.50 Å². The molecule has 0 bridgehead atoms. The Morgan fingerprint density at radius 1 is 1.27 bits per heavy atom. The second-order valence-corrected chi connectivity index (χ2v) is 5.31. The zero-order valence-electron chi connectivity index (χ0n) is 11.5. The molecule has 0 aliphatic carbocycles. The number of carbonyl (C=O) groups is 1. The highest BCUT2D eigenvalue weighted by atomic mass is 35.5. The molecule has 0 aliphatic heterocycles. The zero-order valence-corrected chi connectivity index (χ0v) is 12.3. The van der Waals surface area contributed by atoms with E-state index in [4.69, 9.17) is 17.3 Å². The number of nitrogens with one attached hydrogen (secondary N) is 1. The van der Waals surface area contributed by atoms with Gasteiger partial charge in [-0.2, -0.15) is 0 Å². The molecule has 0 fully saturated rings. The number of carbonyl (C=O) groups excluding carboxylic acids is 1. The lowest BCUT2D eigenvalue weighted by Crippen LogP contribution is -2.17. The topological polar surface area (TPSA) is 93.2 Å². The summed E-state index contributed by atoms with van der Waals surface area (Å²) in [5.41, 5.74) is 7.06. The van der Waals surface area contributed by atoms with Crippen molar-refractivity contribution in [3.8, 4) is 0 Å². The molecule has 0 radical (unpaired) electrons. The van der Waals surface area contributed by atoms with Gasteiger partial charge < -0.3 is 5.73 Å². The number of primary amides is 1. The van der Waals surface area contributed by atoms with Gasteiger partial charge in [0.1, 0.15) is 5.69 Å². The van der Waals surface area contributed by atoms with E-state index >= 15 is 0 Å². The highest BCUT2D eigenvalue weighted by molar-refractivity contribution is 6.31. The van der Waals surface area contributed by atoms with Crippen LogP contribution in [0.4, 0.5) is 0 Å². The van der Waals surface area contributed by atoms with Gasteiger partial charge in [-0.1, -0.05) is 29.8 Å². The zero-order chi connectivity index (χ0) is 15.7. The number of aryl methyl sites for hydroxylation is 2. The summed E-state index contributed by atoms with van der Waals surface area (Å²) in [6.45, 7) is 0. The van der Waals surface area contributed by atoms with Crippen LogP contribution in [-0.4, -0.2) is 20.5 Å². The first-order valence-electron chi connectivity index (χ1n) is 6.69. The molecule has 0 saturated heterocycles. The number of rotatable bonds is 4. The Hall–Kier alpha value is -2.60. The summed E-state index contributed by atoms with van der Waals surface area (Å²) in [6.07, 6.45) is 1.25. The maximum absolute atomic E-state index is 12.0. The number of fused-ring (bicyclic) bond motifs is 1. The van der Waals surface area contributed by atoms with E-state index in [0.717, 1.165) is 5.56 Å². The van der Waals surface area contributed by atoms with Crippen molar-refractivity contribution in [1.29, 1.82) is 0 Å². The summed E-state index contributed by atoms with van der Waals surface area (Å²) in [5.74, 6) is -0.637. The third-order valence-electron chi connectivity index (χ3n) is 3.38. The molecule has 1 aromatic carbocycles.